The van der Waals surface area contributed by atoms with Gasteiger partial charge in [-0.05, 0) is 31.0 Å². The number of methoxy groups -OCH3 is 1. The molecule has 6 nitrogen and oxygen atoms in total. The van der Waals surface area contributed by atoms with Crippen molar-refractivity contribution in [2.75, 3.05) is 17.7 Å². The molecule has 0 aliphatic heterocycles. The molecular weight excluding hydrogens is 294 g/mol. The number of hydrogen-bond donors (Lipinski definition) is 3. The monoisotopic (exact) mass is 319 g/mol. The van der Waals surface area contributed by atoms with Gasteiger partial charge in [-0.15, -0.1) is 0 Å². The van der Waals surface area contributed by atoms with Crippen molar-refractivity contribution in [1.29, 1.82) is 0 Å². The first-order valence-electron chi connectivity index (χ1n) is 8.11. The molecular formula is C17H25N3O3. The van der Waals surface area contributed by atoms with E-state index in [0.717, 1.165) is 12.8 Å². The van der Waals surface area contributed by atoms with Crippen LogP contribution in [0.2, 0.25) is 0 Å². The molecule has 3 amide bonds. The molecule has 0 aromatic heterocycles. The zero-order valence-electron chi connectivity index (χ0n) is 13.8. The Labute approximate surface area is 137 Å². The van der Waals surface area contributed by atoms with Crippen molar-refractivity contribution in [3.05, 3.63) is 18.2 Å². The number of urea groups is 1. The second-order valence-corrected chi connectivity index (χ2v) is 5.88. The maximum absolute atomic E-state index is 12.1. The molecule has 1 aromatic carbocycles. The topological polar surface area (TPSA) is 79.5 Å². The van der Waals surface area contributed by atoms with E-state index in [1.165, 1.54) is 39.7 Å². The van der Waals surface area contributed by atoms with E-state index < -0.39 is 0 Å². The highest BCUT2D eigenvalue weighted by Gasteiger charge is 2.15. The van der Waals surface area contributed by atoms with E-state index in [2.05, 4.69) is 16.0 Å². The third-order valence-corrected chi connectivity index (χ3v) is 3.96. The second kappa shape index (κ2) is 8.41. The summed E-state index contributed by atoms with van der Waals surface area (Å²) in [6.45, 7) is 1.43. The number of rotatable bonds is 4. The Balaban J connectivity index is 1.98. The highest BCUT2D eigenvalue weighted by Crippen LogP contribution is 2.27. The van der Waals surface area contributed by atoms with E-state index >= 15 is 0 Å². The molecule has 0 spiro atoms. The van der Waals surface area contributed by atoms with Gasteiger partial charge < -0.3 is 20.7 Å². The van der Waals surface area contributed by atoms with Crippen LogP contribution in [0.3, 0.4) is 0 Å². The minimum atomic E-state index is -0.212. The van der Waals surface area contributed by atoms with Crippen LogP contribution in [0.5, 0.6) is 5.75 Å². The minimum Gasteiger partial charge on any atom is -0.495 e. The summed E-state index contributed by atoms with van der Waals surface area (Å²) in [6.07, 6.45) is 6.90. The van der Waals surface area contributed by atoms with Crippen molar-refractivity contribution < 1.29 is 14.3 Å². The van der Waals surface area contributed by atoms with E-state index in [0.29, 0.717) is 17.1 Å². The summed E-state index contributed by atoms with van der Waals surface area (Å²) in [6, 6.07) is 5.18. The summed E-state index contributed by atoms with van der Waals surface area (Å²) in [7, 11) is 1.53. The lowest BCUT2D eigenvalue weighted by molar-refractivity contribution is -0.114. The largest absolute Gasteiger partial charge is 0.495 e. The summed E-state index contributed by atoms with van der Waals surface area (Å²) in [5, 5.41) is 8.54. The molecule has 23 heavy (non-hydrogen) atoms. The molecule has 1 aromatic rings. The summed E-state index contributed by atoms with van der Waals surface area (Å²) >= 11 is 0. The first-order valence-corrected chi connectivity index (χ1v) is 8.11. The van der Waals surface area contributed by atoms with Crippen LogP contribution >= 0.6 is 0 Å². The predicted octanol–water partition coefficient (Wildman–Crippen LogP) is 3.50. The lowest BCUT2D eigenvalue weighted by Gasteiger charge is -2.17. The second-order valence-electron chi connectivity index (χ2n) is 5.88. The highest BCUT2D eigenvalue weighted by atomic mass is 16.5. The molecule has 1 aliphatic carbocycles. The molecule has 6 heteroatoms. The Kier molecular flexibility index (Phi) is 6.26. The number of carbonyl (C=O) groups is 2. The van der Waals surface area contributed by atoms with Gasteiger partial charge in [-0.3, -0.25) is 4.79 Å². The van der Waals surface area contributed by atoms with Crippen LogP contribution in [-0.2, 0) is 4.79 Å². The third-order valence-electron chi connectivity index (χ3n) is 3.96. The fourth-order valence-electron chi connectivity index (χ4n) is 2.85. The zero-order chi connectivity index (χ0) is 16.7. The number of amides is 3. The number of nitrogens with one attached hydrogen (secondary N) is 3. The smallest absolute Gasteiger partial charge is 0.319 e. The minimum absolute atomic E-state index is 0.191. The Morgan fingerprint density at radius 1 is 1.09 bits per heavy atom. The number of benzene rings is 1. The van der Waals surface area contributed by atoms with Crippen LogP contribution < -0.4 is 20.7 Å². The summed E-state index contributed by atoms with van der Waals surface area (Å²) in [5.74, 6) is 0.360. The molecule has 1 aliphatic rings. The van der Waals surface area contributed by atoms with Crippen LogP contribution in [-0.4, -0.2) is 25.1 Å². The van der Waals surface area contributed by atoms with E-state index in [4.69, 9.17) is 4.74 Å². The SMILES string of the molecule is COc1ccc(NC(=O)NC2CCCCCC2)cc1NC(C)=O. The van der Waals surface area contributed by atoms with Gasteiger partial charge in [-0.2, -0.15) is 0 Å². The van der Waals surface area contributed by atoms with Gasteiger partial charge in [-0.25, -0.2) is 4.79 Å². The van der Waals surface area contributed by atoms with E-state index in [1.807, 2.05) is 0 Å². The van der Waals surface area contributed by atoms with Crippen LogP contribution in [0.4, 0.5) is 16.2 Å². The Bertz CT molecular complexity index is 552. The van der Waals surface area contributed by atoms with Crippen LogP contribution in [0, 0.1) is 0 Å². The molecule has 1 saturated carbocycles. The molecule has 3 N–H and O–H groups in total. The van der Waals surface area contributed by atoms with Gasteiger partial charge in [0.15, 0.2) is 0 Å². The van der Waals surface area contributed by atoms with Crippen molar-refractivity contribution in [3.63, 3.8) is 0 Å². The fraction of sp³-hybridized carbons (Fsp3) is 0.529. The molecule has 2 rings (SSSR count). The van der Waals surface area contributed by atoms with Gasteiger partial charge >= 0.3 is 6.03 Å². The Morgan fingerprint density at radius 2 is 1.78 bits per heavy atom. The average Bonchev–Trinajstić information content (AvgIpc) is 2.75. The van der Waals surface area contributed by atoms with Gasteiger partial charge in [-0.1, -0.05) is 25.7 Å². The van der Waals surface area contributed by atoms with Crippen LogP contribution in [0.25, 0.3) is 0 Å². The molecule has 0 atom stereocenters. The van der Waals surface area contributed by atoms with Crippen molar-refractivity contribution >= 4 is 23.3 Å². The molecule has 0 heterocycles. The molecule has 0 unspecified atom stereocenters. The predicted molar refractivity (Wildman–Crippen MR) is 90.9 cm³/mol. The summed E-state index contributed by atoms with van der Waals surface area (Å²) in [4.78, 5) is 23.4. The Hall–Kier alpha value is -2.24. The van der Waals surface area contributed by atoms with Crippen molar-refractivity contribution in [2.24, 2.45) is 0 Å². The van der Waals surface area contributed by atoms with Crippen molar-refractivity contribution in [2.45, 2.75) is 51.5 Å². The van der Waals surface area contributed by atoms with Gasteiger partial charge in [0.25, 0.3) is 0 Å². The van der Waals surface area contributed by atoms with Crippen molar-refractivity contribution in [3.8, 4) is 5.75 Å². The third kappa shape index (κ3) is 5.47. The molecule has 1 fully saturated rings. The Morgan fingerprint density at radius 3 is 2.39 bits per heavy atom. The average molecular weight is 319 g/mol. The lowest BCUT2D eigenvalue weighted by Crippen LogP contribution is -2.37. The number of ether oxygens (including phenoxy) is 1. The first kappa shape index (κ1) is 17.1. The number of hydrogen-bond acceptors (Lipinski definition) is 3. The van der Waals surface area contributed by atoms with Crippen molar-refractivity contribution in [1.82, 2.24) is 5.32 Å². The van der Waals surface area contributed by atoms with Crippen LogP contribution in [0.1, 0.15) is 45.4 Å². The van der Waals surface area contributed by atoms with Gasteiger partial charge in [0, 0.05) is 18.7 Å². The molecule has 0 radical (unpaired) electrons. The van der Waals surface area contributed by atoms with Crippen LogP contribution in [0.15, 0.2) is 18.2 Å². The zero-order valence-corrected chi connectivity index (χ0v) is 13.8. The molecule has 126 valence electrons. The first-order chi connectivity index (χ1) is 11.1. The van der Waals surface area contributed by atoms with Gasteiger partial charge in [0.05, 0.1) is 12.8 Å². The lowest BCUT2D eigenvalue weighted by atomic mass is 10.1. The van der Waals surface area contributed by atoms with Gasteiger partial charge in [0.2, 0.25) is 5.91 Å². The number of anilines is 2. The summed E-state index contributed by atoms with van der Waals surface area (Å²) < 4.78 is 5.20. The highest BCUT2D eigenvalue weighted by molar-refractivity contribution is 5.94. The number of carbonyl (C=O) groups excluding carboxylic acids is 2. The van der Waals surface area contributed by atoms with E-state index in [1.54, 1.807) is 18.2 Å². The fourth-order valence-corrected chi connectivity index (χ4v) is 2.85. The maximum Gasteiger partial charge on any atom is 0.319 e. The quantitative estimate of drug-likeness (QED) is 0.743. The standard InChI is InChI=1S/C17H25N3O3/c1-12(21)18-15-11-14(9-10-16(15)23-2)20-17(22)19-13-7-5-3-4-6-8-13/h9-11,13H,3-8H2,1-2H3,(H,18,21)(H2,19,20,22). The summed E-state index contributed by atoms with van der Waals surface area (Å²) in [5.41, 5.74) is 1.15. The van der Waals surface area contributed by atoms with E-state index in [9.17, 15) is 9.59 Å². The van der Waals surface area contributed by atoms with E-state index in [-0.39, 0.29) is 18.0 Å². The normalized spacial score (nSPS) is 15.4. The maximum atomic E-state index is 12.1. The van der Waals surface area contributed by atoms with Gasteiger partial charge in [0.1, 0.15) is 5.75 Å². The molecule has 0 saturated heterocycles. The molecule has 0 bridgehead atoms.